The molecule has 5 heteroatoms. The van der Waals surface area contributed by atoms with Crippen molar-refractivity contribution in [2.45, 2.75) is 20.4 Å². The molecule has 0 atom stereocenters. The molecule has 19 heavy (non-hydrogen) atoms. The number of thiazole rings is 1. The number of rotatable bonds is 1. The number of aromatic nitrogens is 1. The number of hydrogen-bond acceptors (Lipinski definition) is 4. The van der Waals surface area contributed by atoms with Crippen LogP contribution in [0.1, 0.15) is 16.3 Å². The van der Waals surface area contributed by atoms with E-state index in [0.717, 1.165) is 36.1 Å². The minimum Gasteiger partial charge on any atom is -0.491 e. The van der Waals surface area contributed by atoms with Gasteiger partial charge < -0.3 is 10.1 Å². The molecule has 2 heterocycles. The van der Waals surface area contributed by atoms with Gasteiger partial charge in [0.25, 0.3) is 0 Å². The van der Waals surface area contributed by atoms with Crippen LogP contribution in [-0.2, 0) is 6.54 Å². The maximum atomic E-state index is 5.91. The van der Waals surface area contributed by atoms with Crippen molar-refractivity contribution in [1.82, 2.24) is 10.3 Å². The van der Waals surface area contributed by atoms with Crippen LogP contribution in [0.15, 0.2) is 18.2 Å². The van der Waals surface area contributed by atoms with Crippen molar-refractivity contribution in [2.24, 2.45) is 0 Å². The molecule has 0 aliphatic carbocycles. The molecule has 0 saturated heterocycles. The van der Waals surface area contributed by atoms with E-state index in [2.05, 4.69) is 35.4 Å². The number of benzene rings is 1. The van der Waals surface area contributed by atoms with Crippen LogP contribution >= 0.6 is 23.7 Å². The first-order valence-corrected chi connectivity index (χ1v) is 6.97. The van der Waals surface area contributed by atoms with Gasteiger partial charge in [-0.05, 0) is 19.9 Å². The summed E-state index contributed by atoms with van der Waals surface area (Å²) in [6.45, 7) is 6.61. The van der Waals surface area contributed by atoms with Crippen LogP contribution < -0.4 is 10.1 Å². The fraction of sp³-hybridized carbons (Fsp3) is 0.357. The fourth-order valence-corrected chi connectivity index (χ4v) is 3.24. The average molecular weight is 297 g/mol. The zero-order valence-corrected chi connectivity index (χ0v) is 12.7. The number of para-hydroxylation sites is 1. The van der Waals surface area contributed by atoms with E-state index in [1.807, 2.05) is 6.92 Å². The maximum absolute atomic E-state index is 5.91. The highest BCUT2D eigenvalue weighted by Crippen LogP contribution is 2.38. The topological polar surface area (TPSA) is 34.1 Å². The lowest BCUT2D eigenvalue weighted by Crippen LogP contribution is -2.16. The third kappa shape index (κ3) is 2.76. The van der Waals surface area contributed by atoms with Crippen molar-refractivity contribution < 1.29 is 4.74 Å². The lowest BCUT2D eigenvalue weighted by Gasteiger charge is -2.11. The average Bonchev–Trinajstić information content (AvgIpc) is 2.58. The van der Waals surface area contributed by atoms with Gasteiger partial charge in [-0.3, -0.25) is 0 Å². The van der Waals surface area contributed by atoms with Crippen LogP contribution in [0.25, 0.3) is 10.4 Å². The molecule has 0 radical (unpaired) electrons. The van der Waals surface area contributed by atoms with Gasteiger partial charge in [-0.25, -0.2) is 4.98 Å². The largest absolute Gasteiger partial charge is 0.491 e. The van der Waals surface area contributed by atoms with Gasteiger partial charge in [0.15, 0.2) is 0 Å². The van der Waals surface area contributed by atoms with E-state index in [1.54, 1.807) is 11.3 Å². The third-order valence-corrected chi connectivity index (χ3v) is 4.19. The monoisotopic (exact) mass is 296 g/mol. The van der Waals surface area contributed by atoms with E-state index < -0.39 is 0 Å². The molecule has 0 saturated carbocycles. The van der Waals surface area contributed by atoms with Crippen LogP contribution in [0.4, 0.5) is 0 Å². The van der Waals surface area contributed by atoms with Crippen molar-refractivity contribution in [3.8, 4) is 16.2 Å². The van der Waals surface area contributed by atoms with Crippen LogP contribution in [0, 0.1) is 13.8 Å². The summed E-state index contributed by atoms with van der Waals surface area (Å²) >= 11 is 1.74. The molecule has 1 aromatic carbocycles. The predicted molar refractivity (Wildman–Crippen MR) is 81.5 cm³/mol. The summed E-state index contributed by atoms with van der Waals surface area (Å²) in [5, 5.41) is 4.47. The molecule has 0 amide bonds. The Bertz CT molecular complexity index is 583. The molecule has 3 rings (SSSR count). The van der Waals surface area contributed by atoms with Gasteiger partial charge in [-0.1, -0.05) is 12.1 Å². The molecule has 1 aromatic heterocycles. The van der Waals surface area contributed by atoms with E-state index in [9.17, 15) is 0 Å². The molecule has 0 bridgehead atoms. The molecule has 3 nitrogen and oxygen atoms in total. The van der Waals surface area contributed by atoms with Gasteiger partial charge in [0.05, 0.1) is 15.6 Å². The van der Waals surface area contributed by atoms with Gasteiger partial charge in [-0.2, -0.15) is 0 Å². The molecule has 0 unspecified atom stereocenters. The van der Waals surface area contributed by atoms with Gasteiger partial charge >= 0.3 is 0 Å². The van der Waals surface area contributed by atoms with E-state index in [1.165, 1.54) is 16.0 Å². The Labute approximate surface area is 123 Å². The number of nitrogens with zero attached hydrogens (tertiary/aromatic N) is 1. The third-order valence-electron chi connectivity index (χ3n) is 3.09. The summed E-state index contributed by atoms with van der Waals surface area (Å²) < 4.78 is 5.91. The number of halogens is 1. The Morgan fingerprint density at radius 3 is 2.89 bits per heavy atom. The number of fused-ring (bicyclic) bond motifs is 1. The number of nitrogens with one attached hydrogen (secondary N) is 1. The molecule has 1 aliphatic rings. The second-order valence-electron chi connectivity index (χ2n) is 4.47. The zero-order chi connectivity index (χ0) is 12.5. The lowest BCUT2D eigenvalue weighted by molar-refractivity contribution is 0.327. The minimum atomic E-state index is 0. The first-order valence-electron chi connectivity index (χ1n) is 6.15. The molecule has 2 aromatic rings. The van der Waals surface area contributed by atoms with Crippen molar-refractivity contribution in [2.75, 3.05) is 13.2 Å². The van der Waals surface area contributed by atoms with E-state index in [-0.39, 0.29) is 12.4 Å². The highest BCUT2D eigenvalue weighted by Gasteiger charge is 2.17. The van der Waals surface area contributed by atoms with Gasteiger partial charge in [0, 0.05) is 24.2 Å². The molecular formula is C14H17ClN2OS. The normalized spacial score (nSPS) is 14.0. The van der Waals surface area contributed by atoms with Crippen LogP contribution in [0.3, 0.4) is 0 Å². The Balaban J connectivity index is 0.00000133. The molecule has 0 spiro atoms. The maximum Gasteiger partial charge on any atom is 0.132 e. The Hall–Kier alpha value is -1.10. The Morgan fingerprint density at radius 1 is 1.32 bits per heavy atom. The van der Waals surface area contributed by atoms with Crippen molar-refractivity contribution in [3.05, 3.63) is 34.5 Å². The fourth-order valence-electron chi connectivity index (χ4n) is 2.30. The highest BCUT2D eigenvalue weighted by atomic mass is 35.5. The summed E-state index contributed by atoms with van der Waals surface area (Å²) in [7, 11) is 0. The molecular weight excluding hydrogens is 280 g/mol. The minimum absolute atomic E-state index is 0. The van der Waals surface area contributed by atoms with Crippen LogP contribution in [-0.4, -0.2) is 18.1 Å². The number of aryl methyl sites for hydroxylation is 2. The lowest BCUT2D eigenvalue weighted by atomic mass is 10.1. The van der Waals surface area contributed by atoms with Crippen molar-refractivity contribution in [1.29, 1.82) is 0 Å². The zero-order valence-electron chi connectivity index (χ0n) is 11.0. The summed E-state index contributed by atoms with van der Waals surface area (Å²) in [6.07, 6.45) is 0. The molecule has 0 fully saturated rings. The Morgan fingerprint density at radius 2 is 2.16 bits per heavy atom. The summed E-state index contributed by atoms with van der Waals surface area (Å²) in [4.78, 5) is 5.74. The van der Waals surface area contributed by atoms with Crippen molar-refractivity contribution in [3.63, 3.8) is 0 Å². The first-order chi connectivity index (χ1) is 8.75. The standard InChI is InChI=1S/C14H16N2OS.ClH/c1-9-14(18-10(2)16-9)12-5-3-4-11-8-15-6-7-17-13(11)12;/h3-5,15H,6-8H2,1-2H3;1H. The van der Waals surface area contributed by atoms with Gasteiger partial charge in [-0.15, -0.1) is 23.7 Å². The highest BCUT2D eigenvalue weighted by molar-refractivity contribution is 7.15. The molecule has 1 aliphatic heterocycles. The van der Waals surface area contributed by atoms with Crippen molar-refractivity contribution >= 4 is 23.7 Å². The summed E-state index contributed by atoms with van der Waals surface area (Å²) in [5.41, 5.74) is 3.50. The van der Waals surface area contributed by atoms with E-state index >= 15 is 0 Å². The van der Waals surface area contributed by atoms with E-state index in [4.69, 9.17) is 4.74 Å². The quantitative estimate of drug-likeness (QED) is 0.876. The second kappa shape index (κ2) is 5.90. The van der Waals surface area contributed by atoms with Gasteiger partial charge in [0.2, 0.25) is 0 Å². The smallest absolute Gasteiger partial charge is 0.132 e. The Kier molecular flexibility index (Phi) is 4.45. The second-order valence-corrected chi connectivity index (χ2v) is 5.67. The molecule has 1 N–H and O–H groups in total. The SMILES string of the molecule is Cc1nc(C)c(-c2cccc3c2OCCNC3)s1.Cl. The van der Waals surface area contributed by atoms with Crippen LogP contribution in [0.2, 0.25) is 0 Å². The molecule has 102 valence electrons. The predicted octanol–water partition coefficient (Wildman–Crippen LogP) is 3.33. The first kappa shape index (κ1) is 14.3. The van der Waals surface area contributed by atoms with E-state index in [0.29, 0.717) is 0 Å². The number of ether oxygens (including phenoxy) is 1. The summed E-state index contributed by atoms with van der Waals surface area (Å²) in [6, 6.07) is 6.35. The van der Waals surface area contributed by atoms with Gasteiger partial charge in [0.1, 0.15) is 12.4 Å². The number of hydrogen-bond donors (Lipinski definition) is 1. The van der Waals surface area contributed by atoms with Crippen LogP contribution in [0.5, 0.6) is 5.75 Å². The summed E-state index contributed by atoms with van der Waals surface area (Å²) in [5.74, 6) is 1.02.